The summed E-state index contributed by atoms with van der Waals surface area (Å²) in [5.74, 6) is 0.158. The van der Waals surface area contributed by atoms with E-state index in [1.54, 1.807) is 12.1 Å². The zero-order valence-corrected chi connectivity index (χ0v) is 12.2. The van der Waals surface area contributed by atoms with E-state index in [4.69, 9.17) is 34.0 Å². The van der Waals surface area contributed by atoms with Gasteiger partial charge in [-0.3, -0.25) is 0 Å². The van der Waals surface area contributed by atoms with Crippen LogP contribution in [0.4, 0.5) is 0 Å². The summed E-state index contributed by atoms with van der Waals surface area (Å²) < 4.78 is 0. The summed E-state index contributed by atoms with van der Waals surface area (Å²) in [4.78, 5) is 0. The Hall–Kier alpha value is -0.320. The van der Waals surface area contributed by atoms with E-state index in [9.17, 15) is 0 Å². The summed E-state index contributed by atoms with van der Waals surface area (Å²) in [5, 5.41) is 13.7. The highest BCUT2D eigenvalue weighted by atomic mass is 35.5. The topological polar surface area (TPSA) is 58.3 Å². The zero-order valence-electron chi connectivity index (χ0n) is 10.7. The van der Waals surface area contributed by atoms with Gasteiger partial charge in [-0.15, -0.1) is 0 Å². The van der Waals surface area contributed by atoms with E-state index in [0.29, 0.717) is 16.6 Å². The first kappa shape index (κ1) is 15.7. The number of nitrogens with one attached hydrogen (secondary N) is 1. The van der Waals surface area contributed by atoms with E-state index in [1.807, 2.05) is 19.9 Å². The third-order valence-corrected chi connectivity index (χ3v) is 3.74. The van der Waals surface area contributed by atoms with Gasteiger partial charge in [-0.25, -0.2) is 0 Å². The van der Waals surface area contributed by atoms with Crippen LogP contribution >= 0.6 is 23.2 Å². The number of aliphatic hydroxyl groups excluding tert-OH is 1. The van der Waals surface area contributed by atoms with Gasteiger partial charge in [0.05, 0.1) is 0 Å². The summed E-state index contributed by atoms with van der Waals surface area (Å²) in [5.41, 5.74) is 6.72. The summed E-state index contributed by atoms with van der Waals surface area (Å²) in [6.45, 7) is 4.58. The lowest BCUT2D eigenvalue weighted by atomic mass is 10.0. The van der Waals surface area contributed by atoms with Crippen molar-refractivity contribution in [3.05, 3.63) is 33.8 Å². The number of hydrogen-bond acceptors (Lipinski definition) is 3. The van der Waals surface area contributed by atoms with Crippen molar-refractivity contribution in [2.45, 2.75) is 25.9 Å². The van der Waals surface area contributed by atoms with Crippen LogP contribution in [0.5, 0.6) is 0 Å². The fraction of sp³-hybridized carbons (Fsp3) is 0.538. The first-order valence-corrected chi connectivity index (χ1v) is 6.77. The summed E-state index contributed by atoms with van der Waals surface area (Å²) >= 11 is 12.0. The van der Waals surface area contributed by atoms with Gasteiger partial charge >= 0.3 is 0 Å². The van der Waals surface area contributed by atoms with Gasteiger partial charge in [-0.2, -0.15) is 0 Å². The quantitative estimate of drug-likeness (QED) is 0.755. The third kappa shape index (κ3) is 4.11. The smallest absolute Gasteiger partial charge is 0.0471 e. The van der Waals surface area contributed by atoms with E-state index in [1.165, 1.54) is 0 Å². The average Bonchev–Trinajstić information content (AvgIpc) is 2.35. The number of benzene rings is 1. The van der Waals surface area contributed by atoms with Crippen molar-refractivity contribution in [2.24, 2.45) is 11.7 Å². The number of nitrogens with two attached hydrogens (primary N) is 1. The second kappa shape index (κ2) is 7.31. The highest BCUT2D eigenvalue weighted by Crippen LogP contribution is 2.26. The lowest BCUT2D eigenvalue weighted by Gasteiger charge is -2.26. The van der Waals surface area contributed by atoms with Crippen LogP contribution in [-0.2, 0) is 0 Å². The normalized spacial score (nSPS) is 16.3. The monoisotopic (exact) mass is 290 g/mol. The molecule has 0 radical (unpaired) electrons. The molecule has 5 heteroatoms. The van der Waals surface area contributed by atoms with Gasteiger partial charge in [0.15, 0.2) is 0 Å². The van der Waals surface area contributed by atoms with Crippen molar-refractivity contribution in [3.8, 4) is 0 Å². The molecule has 3 unspecified atom stereocenters. The second-order valence-corrected chi connectivity index (χ2v) is 5.41. The first-order valence-electron chi connectivity index (χ1n) is 6.01. The van der Waals surface area contributed by atoms with Crippen molar-refractivity contribution >= 4 is 23.2 Å². The Morgan fingerprint density at radius 2 is 2.00 bits per heavy atom. The van der Waals surface area contributed by atoms with Crippen molar-refractivity contribution in [1.82, 2.24) is 5.32 Å². The average molecular weight is 291 g/mol. The predicted molar refractivity (Wildman–Crippen MR) is 77.1 cm³/mol. The molecule has 3 atom stereocenters. The first-order chi connectivity index (χ1) is 8.49. The maximum Gasteiger partial charge on any atom is 0.0471 e. The van der Waals surface area contributed by atoms with E-state index in [2.05, 4.69) is 5.32 Å². The SMILES string of the molecule is CC(CO)C(C)NC(CN)c1ccc(Cl)cc1Cl. The lowest BCUT2D eigenvalue weighted by molar-refractivity contribution is 0.201. The molecular weight excluding hydrogens is 271 g/mol. The molecule has 0 aliphatic heterocycles. The molecule has 4 N–H and O–H groups in total. The minimum absolute atomic E-state index is 0.0428. The minimum atomic E-state index is -0.0428. The van der Waals surface area contributed by atoms with Crippen molar-refractivity contribution in [1.29, 1.82) is 0 Å². The number of hydrogen-bond donors (Lipinski definition) is 3. The highest BCUT2D eigenvalue weighted by molar-refractivity contribution is 6.35. The fourth-order valence-electron chi connectivity index (χ4n) is 1.71. The molecule has 18 heavy (non-hydrogen) atoms. The van der Waals surface area contributed by atoms with E-state index in [-0.39, 0.29) is 24.6 Å². The number of aliphatic hydroxyl groups is 1. The Bertz CT molecular complexity index is 387. The molecule has 0 aliphatic rings. The Labute approximate surface area is 118 Å². The van der Waals surface area contributed by atoms with Crippen LogP contribution in [-0.4, -0.2) is 24.3 Å². The van der Waals surface area contributed by atoms with Gasteiger partial charge in [-0.1, -0.05) is 36.2 Å². The van der Waals surface area contributed by atoms with Crippen LogP contribution in [0.1, 0.15) is 25.5 Å². The summed E-state index contributed by atoms with van der Waals surface area (Å²) in [6, 6.07) is 5.50. The van der Waals surface area contributed by atoms with Crippen molar-refractivity contribution in [3.63, 3.8) is 0 Å². The molecule has 0 fully saturated rings. The van der Waals surface area contributed by atoms with Crippen molar-refractivity contribution < 1.29 is 5.11 Å². The van der Waals surface area contributed by atoms with Crippen LogP contribution < -0.4 is 11.1 Å². The number of halogens is 2. The molecule has 0 aromatic heterocycles. The highest BCUT2D eigenvalue weighted by Gasteiger charge is 2.18. The Morgan fingerprint density at radius 3 is 2.50 bits per heavy atom. The molecule has 0 saturated heterocycles. The maximum absolute atomic E-state index is 9.14. The van der Waals surface area contributed by atoms with Gasteiger partial charge in [0.1, 0.15) is 0 Å². The molecule has 0 heterocycles. The van der Waals surface area contributed by atoms with E-state index < -0.39 is 0 Å². The molecule has 0 spiro atoms. The largest absolute Gasteiger partial charge is 0.396 e. The van der Waals surface area contributed by atoms with Gasteiger partial charge < -0.3 is 16.2 Å². The lowest BCUT2D eigenvalue weighted by Crippen LogP contribution is -2.39. The Morgan fingerprint density at radius 1 is 1.33 bits per heavy atom. The van der Waals surface area contributed by atoms with Gasteiger partial charge in [0.25, 0.3) is 0 Å². The van der Waals surface area contributed by atoms with Gasteiger partial charge in [0, 0.05) is 35.3 Å². The van der Waals surface area contributed by atoms with Crippen LogP contribution in [0.3, 0.4) is 0 Å². The van der Waals surface area contributed by atoms with Crippen molar-refractivity contribution in [2.75, 3.05) is 13.2 Å². The van der Waals surface area contributed by atoms with E-state index >= 15 is 0 Å². The second-order valence-electron chi connectivity index (χ2n) is 4.57. The van der Waals surface area contributed by atoms with E-state index in [0.717, 1.165) is 5.56 Å². The summed E-state index contributed by atoms with van der Waals surface area (Å²) in [7, 11) is 0. The summed E-state index contributed by atoms with van der Waals surface area (Å²) in [6.07, 6.45) is 0. The molecule has 102 valence electrons. The molecule has 1 aromatic rings. The maximum atomic E-state index is 9.14. The Kier molecular flexibility index (Phi) is 6.39. The third-order valence-electron chi connectivity index (χ3n) is 3.18. The molecule has 1 rings (SSSR count). The fourth-order valence-corrected chi connectivity index (χ4v) is 2.25. The molecule has 0 amide bonds. The van der Waals surface area contributed by atoms with Crippen LogP contribution in [0.15, 0.2) is 18.2 Å². The standard InChI is InChI=1S/C13H20Cl2N2O/c1-8(7-18)9(2)17-13(6-16)11-4-3-10(14)5-12(11)15/h3-5,8-9,13,17-18H,6-7,16H2,1-2H3. The predicted octanol–water partition coefficient (Wildman–Crippen LogP) is 2.60. The van der Waals surface area contributed by atoms with Crippen LogP contribution in [0.25, 0.3) is 0 Å². The van der Waals surface area contributed by atoms with Gasteiger partial charge in [-0.05, 0) is 30.5 Å². The molecule has 0 bridgehead atoms. The van der Waals surface area contributed by atoms with Crippen LogP contribution in [0, 0.1) is 5.92 Å². The molecule has 3 nitrogen and oxygen atoms in total. The number of rotatable bonds is 6. The minimum Gasteiger partial charge on any atom is -0.396 e. The molecular formula is C13H20Cl2N2O. The van der Waals surface area contributed by atoms with Crippen LogP contribution in [0.2, 0.25) is 10.0 Å². The Balaban J connectivity index is 2.83. The van der Waals surface area contributed by atoms with Gasteiger partial charge in [0.2, 0.25) is 0 Å². The molecule has 1 aromatic carbocycles. The zero-order chi connectivity index (χ0) is 13.7. The molecule has 0 aliphatic carbocycles. The molecule has 0 saturated carbocycles.